The fourth-order valence-corrected chi connectivity index (χ4v) is 5.26. The number of halogens is 1. The summed E-state index contributed by atoms with van der Waals surface area (Å²) in [5, 5.41) is 4.60. The van der Waals surface area contributed by atoms with Gasteiger partial charge in [-0.25, -0.2) is 15.2 Å². The van der Waals surface area contributed by atoms with Gasteiger partial charge in [0.15, 0.2) is 5.82 Å². The van der Waals surface area contributed by atoms with E-state index in [0.717, 1.165) is 66.4 Å². The number of nitrogens with one attached hydrogen (secondary N) is 1. The standard InChI is InChI=1S/C27H36BrN5O.C2H7NO.C2H6/c1-4-21(10-8-6-5-7-9-19(2)30-3)23-18-31-33-25(29)17-24(28)26(32-27(23)33)22-13-11-20(12-14-22)15-16-34;1-3-4-2;1-2/h5-7,9-10,16-20,22,25H,3-4,8,11-15,29H2,1-2H3;3H,1-2H3;1-2H3/b6-5-,9-7-,21-10+;;. The van der Waals surface area contributed by atoms with Crippen molar-refractivity contribution in [3.63, 3.8) is 0 Å². The lowest BCUT2D eigenvalue weighted by Crippen LogP contribution is -2.22. The largest absolute Gasteiger partial charge is 0.306 e. The highest BCUT2D eigenvalue weighted by Gasteiger charge is 2.29. The van der Waals surface area contributed by atoms with Crippen LogP contribution in [0.15, 0.2) is 57.1 Å². The Morgan fingerprint density at radius 2 is 2.00 bits per heavy atom. The lowest BCUT2D eigenvalue weighted by molar-refractivity contribution is -0.108. The first kappa shape index (κ1) is 35.6. The smallest absolute Gasteiger partial charge is 0.160 e. The number of hydrogen-bond acceptors (Lipinski definition) is 7. The molecule has 0 spiro atoms. The molecule has 9 heteroatoms. The van der Waals surface area contributed by atoms with Crippen LogP contribution in [0.25, 0.3) is 5.57 Å². The van der Waals surface area contributed by atoms with Gasteiger partial charge in [0.1, 0.15) is 12.5 Å². The van der Waals surface area contributed by atoms with Gasteiger partial charge in [-0.1, -0.05) is 51.2 Å². The van der Waals surface area contributed by atoms with Crippen molar-refractivity contribution in [2.45, 2.75) is 84.8 Å². The molecule has 2 atom stereocenters. The minimum absolute atomic E-state index is 0.124. The number of carbonyl (C=O) groups excluding carboxylic acids is 1. The average molecular weight is 618 g/mol. The maximum Gasteiger partial charge on any atom is 0.160 e. The second-order valence-electron chi connectivity index (χ2n) is 9.41. The monoisotopic (exact) mass is 616 g/mol. The number of nitrogens with two attached hydrogens (primary N) is 1. The lowest BCUT2D eigenvalue weighted by atomic mass is 9.78. The number of rotatable bonds is 11. The number of carbonyl (C=O) groups is 1. The summed E-state index contributed by atoms with van der Waals surface area (Å²) in [7, 11) is 3.28. The van der Waals surface area contributed by atoms with E-state index in [4.69, 9.17) is 10.7 Å². The molecule has 1 fully saturated rings. The van der Waals surface area contributed by atoms with Crippen LogP contribution in [0.3, 0.4) is 0 Å². The molecule has 0 bridgehead atoms. The van der Waals surface area contributed by atoms with Gasteiger partial charge in [0.05, 0.1) is 25.1 Å². The molecular weight excluding hydrogens is 568 g/mol. The predicted octanol–water partition coefficient (Wildman–Crippen LogP) is 7.28. The number of aliphatic imine (C=N–C) groups is 2. The molecule has 8 nitrogen and oxygen atoms in total. The number of aldehydes is 1. The molecule has 3 N–H and O–H groups in total. The Hall–Kier alpha value is -2.46. The Labute approximate surface area is 249 Å². The van der Waals surface area contributed by atoms with Crippen LogP contribution in [0.1, 0.15) is 84.4 Å². The molecule has 0 radical (unpaired) electrons. The number of hydroxylamine groups is 1. The van der Waals surface area contributed by atoms with Crippen LogP contribution >= 0.6 is 15.9 Å². The van der Waals surface area contributed by atoms with Crippen molar-refractivity contribution < 1.29 is 9.63 Å². The molecule has 1 aromatic heterocycles. The number of aromatic nitrogens is 2. The van der Waals surface area contributed by atoms with E-state index in [2.05, 4.69) is 62.1 Å². The topological polar surface area (TPSA) is 107 Å². The van der Waals surface area contributed by atoms with E-state index < -0.39 is 0 Å². The first-order chi connectivity index (χ1) is 19.4. The Bertz CT molecular complexity index is 1050. The Balaban J connectivity index is 0.00000122. The van der Waals surface area contributed by atoms with Gasteiger partial charge in [0.2, 0.25) is 0 Å². The number of allylic oxidation sites excluding steroid dienone is 6. The van der Waals surface area contributed by atoms with Crippen molar-refractivity contribution in [2.24, 2.45) is 27.6 Å². The molecule has 0 aromatic carbocycles. The van der Waals surface area contributed by atoms with Gasteiger partial charge in [-0.2, -0.15) is 5.10 Å². The van der Waals surface area contributed by atoms with E-state index in [0.29, 0.717) is 18.3 Å². The van der Waals surface area contributed by atoms with Crippen molar-refractivity contribution in [1.29, 1.82) is 0 Å². The van der Waals surface area contributed by atoms with Gasteiger partial charge in [-0.05, 0) is 85.7 Å². The Morgan fingerprint density at radius 3 is 2.58 bits per heavy atom. The van der Waals surface area contributed by atoms with E-state index >= 15 is 0 Å². The van der Waals surface area contributed by atoms with E-state index in [-0.39, 0.29) is 12.2 Å². The van der Waals surface area contributed by atoms with Crippen molar-refractivity contribution in [3.8, 4) is 0 Å². The summed E-state index contributed by atoms with van der Waals surface area (Å²) >= 11 is 3.74. The maximum atomic E-state index is 10.9. The van der Waals surface area contributed by atoms with Gasteiger partial charge in [0.25, 0.3) is 0 Å². The number of hydrogen-bond donors (Lipinski definition) is 2. The van der Waals surface area contributed by atoms with Crippen LogP contribution in [-0.4, -0.2) is 48.7 Å². The Morgan fingerprint density at radius 1 is 1.32 bits per heavy atom. The van der Waals surface area contributed by atoms with Crippen LogP contribution in [0, 0.1) is 11.8 Å². The second kappa shape index (κ2) is 20.4. The summed E-state index contributed by atoms with van der Waals surface area (Å²) < 4.78 is 2.77. The third-order valence-corrected chi connectivity index (χ3v) is 7.53. The molecule has 1 saturated carbocycles. The van der Waals surface area contributed by atoms with Gasteiger partial charge in [0, 0.05) is 29.4 Å². The average Bonchev–Trinajstić information content (AvgIpc) is 3.35. The fraction of sp³-hybridized carbons (Fsp3) is 0.548. The van der Waals surface area contributed by atoms with Crippen LogP contribution in [-0.2, 0) is 9.63 Å². The molecule has 222 valence electrons. The highest BCUT2D eigenvalue weighted by Crippen LogP contribution is 2.39. The number of fused-ring (bicyclic) bond motifs is 1. The molecule has 1 aromatic rings. The summed E-state index contributed by atoms with van der Waals surface area (Å²) in [5.74, 6) is 1.68. The molecule has 40 heavy (non-hydrogen) atoms. The Kier molecular flexibility index (Phi) is 18.2. The summed E-state index contributed by atoms with van der Waals surface area (Å²) in [6.45, 7) is 11.7. The summed E-state index contributed by atoms with van der Waals surface area (Å²) in [5.41, 5.74) is 12.2. The fourth-order valence-electron chi connectivity index (χ4n) is 4.58. The van der Waals surface area contributed by atoms with Gasteiger partial charge >= 0.3 is 0 Å². The molecular formula is C31H49BrN6O2. The SMILES string of the molecule is C=NC(C)/C=C\C=C/C/C=C(\CC)c1cnn2c1N=C(C1CCC(CC=O)CC1)C(Br)=CC2N.CC.CNOC. The third kappa shape index (κ3) is 11.2. The lowest BCUT2D eigenvalue weighted by Gasteiger charge is -2.28. The van der Waals surface area contributed by atoms with E-state index in [1.807, 2.05) is 56.0 Å². The summed E-state index contributed by atoms with van der Waals surface area (Å²) in [4.78, 5) is 24.3. The van der Waals surface area contributed by atoms with E-state index in [1.165, 1.54) is 5.57 Å². The van der Waals surface area contributed by atoms with Gasteiger partial charge < -0.3 is 15.4 Å². The second-order valence-corrected chi connectivity index (χ2v) is 10.3. The van der Waals surface area contributed by atoms with Crippen molar-refractivity contribution in [3.05, 3.63) is 52.7 Å². The minimum atomic E-state index is -0.380. The molecule has 3 rings (SSSR count). The quantitative estimate of drug-likeness (QED) is 0.118. The van der Waals surface area contributed by atoms with E-state index in [1.54, 1.807) is 14.2 Å². The molecule has 1 aliphatic carbocycles. The van der Waals surface area contributed by atoms with Crippen LogP contribution in [0.4, 0.5) is 5.82 Å². The van der Waals surface area contributed by atoms with Crippen molar-refractivity contribution >= 4 is 46.0 Å². The highest BCUT2D eigenvalue weighted by atomic mass is 79.9. The van der Waals surface area contributed by atoms with Gasteiger partial charge in [-0.15, -0.1) is 0 Å². The zero-order valence-corrected chi connectivity index (χ0v) is 26.7. The van der Waals surface area contributed by atoms with Crippen LogP contribution < -0.4 is 11.2 Å². The third-order valence-electron chi connectivity index (χ3n) is 6.86. The van der Waals surface area contributed by atoms with Crippen LogP contribution in [0.2, 0.25) is 0 Å². The summed E-state index contributed by atoms with van der Waals surface area (Å²) in [6, 6.07) is 0.124. The zero-order valence-electron chi connectivity index (χ0n) is 25.1. The minimum Gasteiger partial charge on any atom is -0.306 e. The van der Waals surface area contributed by atoms with Gasteiger partial charge in [-0.3, -0.25) is 4.99 Å². The summed E-state index contributed by atoms with van der Waals surface area (Å²) in [6.07, 6.45) is 21.5. The normalized spacial score (nSPS) is 21.7. The molecule has 2 unspecified atom stereocenters. The predicted molar refractivity (Wildman–Crippen MR) is 173 cm³/mol. The van der Waals surface area contributed by atoms with Crippen molar-refractivity contribution in [2.75, 3.05) is 14.2 Å². The molecule has 0 amide bonds. The molecule has 0 saturated heterocycles. The first-order valence-corrected chi connectivity index (χ1v) is 15.1. The molecule has 1 aliphatic heterocycles. The van der Waals surface area contributed by atoms with E-state index in [9.17, 15) is 4.79 Å². The molecule has 2 aliphatic rings. The molecule has 2 heterocycles. The first-order valence-electron chi connectivity index (χ1n) is 14.3. The maximum absolute atomic E-state index is 10.9. The van der Waals surface area contributed by atoms with Crippen molar-refractivity contribution in [1.82, 2.24) is 15.3 Å². The zero-order chi connectivity index (χ0) is 29.9. The number of nitrogens with zero attached hydrogens (tertiary/aromatic N) is 4. The highest BCUT2D eigenvalue weighted by molar-refractivity contribution is 9.12. The van der Waals surface area contributed by atoms with Crippen LogP contribution in [0.5, 0.6) is 0 Å².